The Bertz CT molecular complexity index is 957. The second-order valence-corrected chi connectivity index (χ2v) is 5.71. The highest BCUT2D eigenvalue weighted by Crippen LogP contribution is 2.20. The molecular formula is C17H13ClFN3O3. The monoisotopic (exact) mass is 361 g/mol. The lowest BCUT2D eigenvalue weighted by Gasteiger charge is -2.14. The second-order valence-electron chi connectivity index (χ2n) is 5.30. The van der Waals surface area contributed by atoms with Crippen molar-refractivity contribution in [2.75, 3.05) is 5.32 Å². The van der Waals surface area contributed by atoms with Crippen molar-refractivity contribution in [1.82, 2.24) is 9.97 Å². The van der Waals surface area contributed by atoms with Gasteiger partial charge < -0.3 is 15.0 Å². The van der Waals surface area contributed by atoms with Crippen molar-refractivity contribution < 1.29 is 18.7 Å². The number of hydrogen-bond donors (Lipinski definition) is 2. The van der Waals surface area contributed by atoms with E-state index in [1.54, 1.807) is 18.2 Å². The van der Waals surface area contributed by atoms with E-state index >= 15 is 0 Å². The molecule has 6 nitrogen and oxygen atoms in total. The minimum absolute atomic E-state index is 0.115. The fraction of sp³-hybridized carbons (Fsp3) is 0.118. The first-order valence-corrected chi connectivity index (χ1v) is 7.72. The van der Waals surface area contributed by atoms with Crippen LogP contribution in [0.3, 0.4) is 0 Å². The minimum Gasteiger partial charge on any atom is -0.449 e. The molecule has 1 unspecified atom stereocenters. The summed E-state index contributed by atoms with van der Waals surface area (Å²) < 4.78 is 18.3. The van der Waals surface area contributed by atoms with Crippen molar-refractivity contribution in [2.45, 2.75) is 13.0 Å². The van der Waals surface area contributed by atoms with Gasteiger partial charge in [0.05, 0.1) is 27.9 Å². The molecule has 0 bridgehead atoms. The van der Waals surface area contributed by atoms with Gasteiger partial charge in [0.25, 0.3) is 5.91 Å². The molecule has 0 spiro atoms. The maximum Gasteiger partial charge on any atom is 0.338 e. The Morgan fingerprint density at radius 1 is 1.28 bits per heavy atom. The van der Waals surface area contributed by atoms with E-state index in [1.807, 2.05) is 0 Å². The van der Waals surface area contributed by atoms with Crippen LogP contribution in [0.15, 0.2) is 42.7 Å². The number of anilines is 1. The molecule has 1 atom stereocenters. The van der Waals surface area contributed by atoms with Gasteiger partial charge in [-0.2, -0.15) is 0 Å². The minimum atomic E-state index is -1.05. The lowest BCUT2D eigenvalue weighted by Crippen LogP contribution is -2.30. The normalized spacial score (nSPS) is 12.0. The fourth-order valence-electron chi connectivity index (χ4n) is 2.16. The van der Waals surface area contributed by atoms with Gasteiger partial charge in [0, 0.05) is 5.69 Å². The summed E-state index contributed by atoms with van der Waals surface area (Å²) in [6.07, 6.45) is 0.470. The third-order valence-electron chi connectivity index (χ3n) is 3.50. The van der Waals surface area contributed by atoms with Gasteiger partial charge in [0.2, 0.25) is 0 Å². The highest BCUT2D eigenvalue weighted by Gasteiger charge is 2.19. The number of hydrogen-bond acceptors (Lipinski definition) is 4. The van der Waals surface area contributed by atoms with E-state index in [2.05, 4.69) is 15.3 Å². The number of ether oxygens (including phenoxy) is 1. The Morgan fingerprint density at radius 3 is 2.84 bits per heavy atom. The zero-order valence-corrected chi connectivity index (χ0v) is 13.8. The smallest absolute Gasteiger partial charge is 0.338 e. The first-order chi connectivity index (χ1) is 11.9. The van der Waals surface area contributed by atoms with E-state index < -0.39 is 23.8 Å². The quantitative estimate of drug-likeness (QED) is 0.696. The predicted molar refractivity (Wildman–Crippen MR) is 91.0 cm³/mol. The molecule has 3 rings (SSSR count). The van der Waals surface area contributed by atoms with Gasteiger partial charge in [-0.15, -0.1) is 0 Å². The molecule has 1 heterocycles. The number of halogens is 2. The van der Waals surface area contributed by atoms with Crippen molar-refractivity contribution in [3.63, 3.8) is 0 Å². The Morgan fingerprint density at radius 2 is 2.08 bits per heavy atom. The standard InChI is InChI=1S/C17H13ClFN3O3/c1-9(16(23)22-11-3-4-13(19)12(18)7-11)25-17(24)10-2-5-14-15(6-10)21-8-20-14/h2-9H,1H3,(H,20,21)(H,22,23). The van der Waals surface area contributed by atoms with Crippen LogP contribution in [-0.2, 0) is 9.53 Å². The Hall–Kier alpha value is -2.93. The van der Waals surface area contributed by atoms with Crippen LogP contribution in [0.5, 0.6) is 0 Å². The molecule has 0 aliphatic heterocycles. The molecule has 0 fully saturated rings. The number of benzene rings is 2. The molecule has 0 radical (unpaired) electrons. The Labute approximate surface area is 147 Å². The molecular weight excluding hydrogens is 349 g/mol. The SMILES string of the molecule is CC(OC(=O)c1ccc2nc[nH]c2c1)C(=O)Nc1ccc(F)c(Cl)c1. The van der Waals surface area contributed by atoms with Gasteiger partial charge >= 0.3 is 5.97 Å². The molecule has 8 heteroatoms. The molecule has 2 N–H and O–H groups in total. The van der Waals surface area contributed by atoms with Gasteiger partial charge in [-0.05, 0) is 43.3 Å². The number of aromatic amines is 1. The number of nitrogens with one attached hydrogen (secondary N) is 2. The third kappa shape index (κ3) is 3.77. The van der Waals surface area contributed by atoms with E-state index in [4.69, 9.17) is 16.3 Å². The number of esters is 1. The molecule has 2 aromatic carbocycles. The van der Waals surface area contributed by atoms with Crippen molar-refractivity contribution in [3.8, 4) is 0 Å². The van der Waals surface area contributed by atoms with E-state index in [0.29, 0.717) is 16.8 Å². The van der Waals surface area contributed by atoms with Gasteiger partial charge in [-0.1, -0.05) is 11.6 Å². The number of aromatic nitrogens is 2. The molecule has 0 aliphatic carbocycles. The Balaban J connectivity index is 1.65. The van der Waals surface area contributed by atoms with Crippen LogP contribution < -0.4 is 5.32 Å². The fourth-order valence-corrected chi connectivity index (χ4v) is 2.34. The van der Waals surface area contributed by atoms with Crippen molar-refractivity contribution in [2.24, 2.45) is 0 Å². The number of rotatable bonds is 4. The number of nitrogens with zero attached hydrogens (tertiary/aromatic N) is 1. The summed E-state index contributed by atoms with van der Waals surface area (Å²) in [5, 5.41) is 2.39. The number of amides is 1. The van der Waals surface area contributed by atoms with Crippen molar-refractivity contribution in [3.05, 3.63) is 59.1 Å². The molecule has 0 saturated heterocycles. The van der Waals surface area contributed by atoms with Gasteiger partial charge in [0.15, 0.2) is 6.10 Å². The summed E-state index contributed by atoms with van der Waals surface area (Å²) in [6.45, 7) is 1.44. The second kappa shape index (κ2) is 6.90. The number of carbonyl (C=O) groups excluding carboxylic acids is 2. The summed E-state index contributed by atoms with van der Waals surface area (Å²) in [5.74, 6) is -1.79. The van der Waals surface area contributed by atoms with Crippen LogP contribution in [0.25, 0.3) is 11.0 Å². The van der Waals surface area contributed by atoms with Crippen molar-refractivity contribution in [1.29, 1.82) is 0 Å². The van der Waals surface area contributed by atoms with Crippen LogP contribution in [0, 0.1) is 5.82 Å². The van der Waals surface area contributed by atoms with Crippen LogP contribution in [-0.4, -0.2) is 27.9 Å². The molecule has 0 saturated carbocycles. The third-order valence-corrected chi connectivity index (χ3v) is 3.79. The van der Waals surface area contributed by atoms with Crippen LogP contribution in [0.4, 0.5) is 10.1 Å². The summed E-state index contributed by atoms with van der Waals surface area (Å²) in [5.41, 5.74) is 2.00. The number of H-pyrrole nitrogens is 1. The molecule has 25 heavy (non-hydrogen) atoms. The highest BCUT2D eigenvalue weighted by atomic mass is 35.5. The van der Waals surface area contributed by atoms with E-state index in [1.165, 1.54) is 25.4 Å². The molecule has 1 amide bonds. The lowest BCUT2D eigenvalue weighted by atomic mass is 10.2. The summed E-state index contributed by atoms with van der Waals surface area (Å²) >= 11 is 5.66. The summed E-state index contributed by atoms with van der Waals surface area (Å²) in [7, 11) is 0. The van der Waals surface area contributed by atoms with E-state index in [9.17, 15) is 14.0 Å². The number of imidazole rings is 1. The average Bonchev–Trinajstić information content (AvgIpc) is 3.05. The van der Waals surface area contributed by atoms with E-state index in [-0.39, 0.29) is 5.02 Å². The van der Waals surface area contributed by atoms with Gasteiger partial charge in [-0.25, -0.2) is 14.2 Å². The first kappa shape index (κ1) is 16.9. The summed E-state index contributed by atoms with van der Waals surface area (Å²) in [6, 6.07) is 8.60. The molecule has 3 aromatic rings. The zero-order chi connectivity index (χ0) is 18.0. The van der Waals surface area contributed by atoms with Crippen LogP contribution in [0.2, 0.25) is 5.02 Å². The molecule has 128 valence electrons. The first-order valence-electron chi connectivity index (χ1n) is 7.34. The van der Waals surface area contributed by atoms with E-state index in [0.717, 1.165) is 11.6 Å². The molecule has 0 aliphatic rings. The largest absolute Gasteiger partial charge is 0.449 e. The van der Waals surface area contributed by atoms with Crippen molar-refractivity contribution >= 4 is 40.2 Å². The predicted octanol–water partition coefficient (Wildman–Crippen LogP) is 3.54. The lowest BCUT2D eigenvalue weighted by molar-refractivity contribution is -0.123. The van der Waals surface area contributed by atoms with Crippen LogP contribution in [0.1, 0.15) is 17.3 Å². The average molecular weight is 362 g/mol. The highest BCUT2D eigenvalue weighted by molar-refractivity contribution is 6.31. The topological polar surface area (TPSA) is 84.1 Å². The maximum absolute atomic E-state index is 13.1. The summed E-state index contributed by atoms with van der Waals surface area (Å²) in [4.78, 5) is 31.2. The molecule has 1 aromatic heterocycles. The van der Waals surface area contributed by atoms with Gasteiger partial charge in [0.1, 0.15) is 5.82 Å². The number of carbonyl (C=O) groups is 2. The van der Waals surface area contributed by atoms with Crippen LogP contribution >= 0.6 is 11.6 Å². The van der Waals surface area contributed by atoms with Gasteiger partial charge in [-0.3, -0.25) is 4.79 Å². The Kier molecular flexibility index (Phi) is 4.67. The zero-order valence-electron chi connectivity index (χ0n) is 13.0. The number of fused-ring (bicyclic) bond motifs is 1. The maximum atomic E-state index is 13.1.